The van der Waals surface area contributed by atoms with Crippen molar-refractivity contribution in [3.05, 3.63) is 34.1 Å². The van der Waals surface area contributed by atoms with Crippen LogP contribution in [0.3, 0.4) is 0 Å². The van der Waals surface area contributed by atoms with Crippen LogP contribution in [0.25, 0.3) is 0 Å². The monoisotopic (exact) mass is 299 g/mol. The molecule has 0 saturated heterocycles. The van der Waals surface area contributed by atoms with Gasteiger partial charge in [-0.15, -0.1) is 0 Å². The van der Waals surface area contributed by atoms with Crippen molar-refractivity contribution in [1.82, 2.24) is 5.32 Å². The van der Waals surface area contributed by atoms with Crippen LogP contribution in [-0.2, 0) is 6.54 Å². The molecule has 0 atom stereocenters. The molecule has 1 nitrogen and oxygen atoms in total. The SMILES string of the molecule is CC1(NCc2cc(F)cc(Br)c2)CCCCC1. The zero-order valence-electron chi connectivity index (χ0n) is 10.2. The molecule has 0 spiro atoms. The average Bonchev–Trinajstić information content (AvgIpc) is 2.26. The second kappa shape index (κ2) is 5.49. The Morgan fingerprint density at radius 3 is 2.59 bits per heavy atom. The van der Waals surface area contributed by atoms with E-state index in [0.29, 0.717) is 0 Å². The summed E-state index contributed by atoms with van der Waals surface area (Å²) in [5, 5.41) is 3.58. The third kappa shape index (κ3) is 3.78. The zero-order valence-corrected chi connectivity index (χ0v) is 11.8. The molecular weight excluding hydrogens is 281 g/mol. The van der Waals surface area contributed by atoms with Crippen LogP contribution >= 0.6 is 15.9 Å². The molecule has 0 radical (unpaired) electrons. The summed E-state index contributed by atoms with van der Waals surface area (Å²) in [5.41, 5.74) is 1.24. The molecule has 1 aromatic rings. The first kappa shape index (κ1) is 13.0. The molecule has 0 heterocycles. The van der Waals surface area contributed by atoms with Crippen molar-refractivity contribution in [1.29, 1.82) is 0 Å². The standard InChI is InChI=1S/C14H19BrFN/c1-14(5-3-2-4-6-14)17-10-11-7-12(15)9-13(16)8-11/h7-9,17H,2-6,10H2,1H3. The van der Waals surface area contributed by atoms with Gasteiger partial charge in [-0.25, -0.2) is 4.39 Å². The molecule has 0 aliphatic heterocycles. The Balaban J connectivity index is 1.96. The lowest BCUT2D eigenvalue weighted by Crippen LogP contribution is -2.43. The third-order valence-electron chi connectivity index (χ3n) is 3.60. The highest BCUT2D eigenvalue weighted by Crippen LogP contribution is 2.28. The first-order chi connectivity index (χ1) is 8.07. The van der Waals surface area contributed by atoms with E-state index in [9.17, 15) is 4.39 Å². The van der Waals surface area contributed by atoms with Gasteiger partial charge in [0.05, 0.1) is 0 Å². The maximum Gasteiger partial charge on any atom is 0.124 e. The van der Waals surface area contributed by atoms with Gasteiger partial charge in [0.15, 0.2) is 0 Å². The molecule has 0 aromatic heterocycles. The third-order valence-corrected chi connectivity index (χ3v) is 4.06. The first-order valence-electron chi connectivity index (χ1n) is 6.27. The van der Waals surface area contributed by atoms with Crippen molar-refractivity contribution in [3.63, 3.8) is 0 Å². The lowest BCUT2D eigenvalue weighted by molar-refractivity contribution is 0.252. The van der Waals surface area contributed by atoms with E-state index < -0.39 is 0 Å². The second-order valence-electron chi connectivity index (χ2n) is 5.25. The van der Waals surface area contributed by atoms with Gasteiger partial charge in [-0.3, -0.25) is 0 Å². The molecule has 94 valence electrons. The van der Waals surface area contributed by atoms with Gasteiger partial charge in [-0.1, -0.05) is 35.2 Å². The van der Waals surface area contributed by atoms with Crippen molar-refractivity contribution in [2.24, 2.45) is 0 Å². The number of benzene rings is 1. The molecule has 0 amide bonds. The highest BCUT2D eigenvalue weighted by atomic mass is 79.9. The van der Waals surface area contributed by atoms with Crippen molar-refractivity contribution < 1.29 is 4.39 Å². The smallest absolute Gasteiger partial charge is 0.124 e. The Morgan fingerprint density at radius 1 is 1.24 bits per heavy atom. The fourth-order valence-electron chi connectivity index (χ4n) is 2.54. The largest absolute Gasteiger partial charge is 0.307 e. The van der Waals surface area contributed by atoms with Crippen molar-refractivity contribution in [3.8, 4) is 0 Å². The Hall–Kier alpha value is -0.410. The van der Waals surface area contributed by atoms with Gasteiger partial charge in [0, 0.05) is 16.6 Å². The summed E-state index contributed by atoms with van der Waals surface area (Å²) in [4.78, 5) is 0. The molecule has 2 rings (SSSR count). The Bertz CT molecular complexity index is 366. The summed E-state index contributed by atoms with van der Waals surface area (Å²) in [6, 6.07) is 5.07. The summed E-state index contributed by atoms with van der Waals surface area (Å²) in [5.74, 6) is -0.176. The maximum atomic E-state index is 13.2. The Kier molecular flexibility index (Phi) is 4.21. The van der Waals surface area contributed by atoms with Crippen LogP contribution in [0.1, 0.15) is 44.6 Å². The second-order valence-corrected chi connectivity index (χ2v) is 6.17. The molecule has 1 aromatic carbocycles. The van der Waals surface area contributed by atoms with Gasteiger partial charge in [-0.05, 0) is 43.5 Å². The number of halogens is 2. The number of hydrogen-bond acceptors (Lipinski definition) is 1. The molecule has 1 fully saturated rings. The summed E-state index contributed by atoms with van der Waals surface area (Å²) < 4.78 is 14.0. The summed E-state index contributed by atoms with van der Waals surface area (Å²) in [7, 11) is 0. The molecule has 1 saturated carbocycles. The normalized spacial score (nSPS) is 19.2. The number of nitrogens with one attached hydrogen (secondary N) is 1. The Labute approximate surface area is 111 Å². The van der Waals surface area contributed by atoms with E-state index in [1.165, 1.54) is 38.2 Å². The quantitative estimate of drug-likeness (QED) is 0.872. The molecule has 0 bridgehead atoms. The summed E-state index contributed by atoms with van der Waals surface area (Å²) in [6.45, 7) is 3.02. The van der Waals surface area contributed by atoms with E-state index in [2.05, 4.69) is 28.2 Å². The van der Waals surface area contributed by atoms with Gasteiger partial charge in [0.1, 0.15) is 5.82 Å². The van der Waals surface area contributed by atoms with E-state index in [1.54, 1.807) is 6.07 Å². The number of rotatable bonds is 3. The fraction of sp³-hybridized carbons (Fsp3) is 0.571. The predicted octanol–water partition coefficient (Wildman–Crippen LogP) is 4.40. The van der Waals surface area contributed by atoms with Crippen molar-refractivity contribution in [2.45, 2.75) is 51.1 Å². The van der Waals surface area contributed by atoms with E-state index in [-0.39, 0.29) is 11.4 Å². The molecule has 1 N–H and O–H groups in total. The molecule has 3 heteroatoms. The van der Waals surface area contributed by atoms with Gasteiger partial charge < -0.3 is 5.32 Å². The van der Waals surface area contributed by atoms with Crippen LogP contribution < -0.4 is 5.32 Å². The molecule has 0 unspecified atom stereocenters. The highest BCUT2D eigenvalue weighted by Gasteiger charge is 2.25. The van der Waals surface area contributed by atoms with Crippen LogP contribution in [0, 0.1) is 5.82 Å². The minimum atomic E-state index is -0.176. The van der Waals surface area contributed by atoms with E-state index in [4.69, 9.17) is 0 Å². The number of hydrogen-bond donors (Lipinski definition) is 1. The van der Waals surface area contributed by atoms with Gasteiger partial charge >= 0.3 is 0 Å². The molecular formula is C14H19BrFN. The van der Waals surface area contributed by atoms with Crippen molar-refractivity contribution in [2.75, 3.05) is 0 Å². The average molecular weight is 300 g/mol. The maximum absolute atomic E-state index is 13.2. The predicted molar refractivity (Wildman–Crippen MR) is 72.4 cm³/mol. The van der Waals surface area contributed by atoms with Crippen LogP contribution in [-0.4, -0.2) is 5.54 Å². The molecule has 1 aliphatic rings. The van der Waals surface area contributed by atoms with Crippen LogP contribution in [0.15, 0.2) is 22.7 Å². The Morgan fingerprint density at radius 2 is 1.94 bits per heavy atom. The topological polar surface area (TPSA) is 12.0 Å². The van der Waals surface area contributed by atoms with Gasteiger partial charge in [-0.2, -0.15) is 0 Å². The molecule has 17 heavy (non-hydrogen) atoms. The van der Waals surface area contributed by atoms with Gasteiger partial charge in [0.2, 0.25) is 0 Å². The highest BCUT2D eigenvalue weighted by molar-refractivity contribution is 9.10. The minimum Gasteiger partial charge on any atom is -0.307 e. The van der Waals surface area contributed by atoms with E-state index in [1.807, 2.05) is 6.07 Å². The zero-order chi connectivity index (χ0) is 12.3. The van der Waals surface area contributed by atoms with Crippen molar-refractivity contribution >= 4 is 15.9 Å². The summed E-state index contributed by atoms with van der Waals surface area (Å²) in [6.07, 6.45) is 6.41. The fourth-order valence-corrected chi connectivity index (χ4v) is 3.05. The summed E-state index contributed by atoms with van der Waals surface area (Å²) >= 11 is 3.32. The van der Waals surface area contributed by atoms with Gasteiger partial charge in [0.25, 0.3) is 0 Å². The van der Waals surface area contributed by atoms with E-state index >= 15 is 0 Å². The lowest BCUT2D eigenvalue weighted by atomic mass is 9.83. The minimum absolute atomic E-state index is 0.176. The van der Waals surface area contributed by atoms with E-state index in [0.717, 1.165) is 16.6 Å². The van der Waals surface area contributed by atoms with Crippen LogP contribution in [0.5, 0.6) is 0 Å². The first-order valence-corrected chi connectivity index (χ1v) is 7.07. The van der Waals surface area contributed by atoms with Crippen LogP contribution in [0.2, 0.25) is 0 Å². The molecule has 1 aliphatic carbocycles. The lowest BCUT2D eigenvalue weighted by Gasteiger charge is -2.34. The van der Waals surface area contributed by atoms with Crippen LogP contribution in [0.4, 0.5) is 4.39 Å².